The number of hydrogen-bond acceptors (Lipinski definition) is 5. The number of rotatable bonds is 4. The summed E-state index contributed by atoms with van der Waals surface area (Å²) in [4.78, 5) is 28.0. The van der Waals surface area contributed by atoms with Gasteiger partial charge in [-0.05, 0) is 50.5 Å². The molecule has 9 heteroatoms. The maximum absolute atomic E-state index is 12.9. The first kappa shape index (κ1) is 20.6. The zero-order chi connectivity index (χ0) is 20.1. The standard InChI is InChI=1S/C19H27N3O5S/c1-2-27-18(23)16-6-8-17(9-7-16)28(25,26)22-14-12-21(13-15-22)19(24)20-10-4-3-5-11-20/h6-9H,2-5,10-15H2,1H3. The topological polar surface area (TPSA) is 87.2 Å². The Kier molecular flexibility index (Phi) is 6.56. The van der Waals surface area contributed by atoms with Gasteiger partial charge in [-0.2, -0.15) is 4.31 Å². The second kappa shape index (κ2) is 8.91. The number of carbonyl (C=O) groups excluding carboxylic acids is 2. The Bertz CT molecular complexity index is 795. The molecule has 2 aliphatic heterocycles. The number of likely N-dealkylation sites (tertiary alicyclic amines) is 1. The Labute approximate surface area is 166 Å². The van der Waals surface area contributed by atoms with Crippen molar-refractivity contribution in [1.29, 1.82) is 0 Å². The third-order valence-electron chi connectivity index (χ3n) is 5.14. The largest absolute Gasteiger partial charge is 0.462 e. The van der Waals surface area contributed by atoms with Gasteiger partial charge in [-0.3, -0.25) is 0 Å². The zero-order valence-corrected chi connectivity index (χ0v) is 17.0. The van der Waals surface area contributed by atoms with Crippen LogP contribution in [0.4, 0.5) is 4.79 Å². The molecule has 2 amide bonds. The number of hydrogen-bond donors (Lipinski definition) is 0. The van der Waals surface area contributed by atoms with Crippen LogP contribution < -0.4 is 0 Å². The molecule has 0 unspecified atom stereocenters. The molecule has 2 fully saturated rings. The van der Waals surface area contributed by atoms with Gasteiger partial charge in [-0.1, -0.05) is 0 Å². The normalized spacial score (nSPS) is 18.8. The van der Waals surface area contributed by atoms with Gasteiger partial charge in [0.05, 0.1) is 17.1 Å². The lowest BCUT2D eigenvalue weighted by atomic mass is 10.1. The first-order chi connectivity index (χ1) is 13.4. The van der Waals surface area contributed by atoms with Crippen LogP contribution in [0, 0.1) is 0 Å². The van der Waals surface area contributed by atoms with E-state index in [0.29, 0.717) is 18.7 Å². The zero-order valence-electron chi connectivity index (χ0n) is 16.2. The highest BCUT2D eigenvalue weighted by atomic mass is 32.2. The third kappa shape index (κ3) is 4.47. The minimum absolute atomic E-state index is 0.00976. The van der Waals surface area contributed by atoms with Crippen molar-refractivity contribution >= 4 is 22.0 Å². The molecule has 8 nitrogen and oxygen atoms in total. The number of ether oxygens (including phenoxy) is 1. The van der Waals surface area contributed by atoms with Crippen molar-refractivity contribution in [2.75, 3.05) is 45.9 Å². The fourth-order valence-electron chi connectivity index (χ4n) is 3.53. The number of piperidine rings is 1. The lowest BCUT2D eigenvalue weighted by molar-refractivity contribution is 0.0526. The summed E-state index contributed by atoms with van der Waals surface area (Å²) in [5.74, 6) is -0.476. The second-order valence-corrected chi connectivity index (χ2v) is 8.90. The van der Waals surface area contributed by atoms with Gasteiger partial charge in [-0.15, -0.1) is 0 Å². The van der Waals surface area contributed by atoms with Crippen LogP contribution in [-0.2, 0) is 14.8 Å². The Morgan fingerprint density at radius 3 is 2.04 bits per heavy atom. The Balaban J connectivity index is 1.61. The first-order valence-corrected chi connectivity index (χ1v) is 11.2. The molecule has 0 aromatic heterocycles. The SMILES string of the molecule is CCOC(=O)c1ccc(S(=O)(=O)N2CCN(C(=O)N3CCCCC3)CC2)cc1. The van der Waals surface area contributed by atoms with Crippen LogP contribution in [0.25, 0.3) is 0 Å². The Hall–Kier alpha value is -2.13. The van der Waals surface area contributed by atoms with Gasteiger partial charge in [-0.25, -0.2) is 18.0 Å². The number of urea groups is 1. The van der Waals surface area contributed by atoms with Crippen LogP contribution in [0.1, 0.15) is 36.5 Å². The molecule has 0 aliphatic carbocycles. The highest BCUT2D eigenvalue weighted by Gasteiger charge is 2.32. The monoisotopic (exact) mass is 409 g/mol. The molecule has 0 saturated carbocycles. The van der Waals surface area contributed by atoms with Gasteiger partial charge in [0.25, 0.3) is 0 Å². The number of esters is 1. The molecule has 0 bridgehead atoms. The van der Waals surface area contributed by atoms with Crippen LogP contribution in [-0.4, -0.2) is 80.4 Å². The average molecular weight is 410 g/mol. The van der Waals surface area contributed by atoms with Crippen molar-refractivity contribution < 1.29 is 22.7 Å². The van der Waals surface area contributed by atoms with E-state index in [-0.39, 0.29) is 30.6 Å². The summed E-state index contributed by atoms with van der Waals surface area (Å²) in [6, 6.07) is 5.78. The van der Waals surface area contributed by atoms with E-state index in [2.05, 4.69) is 0 Å². The fourth-order valence-corrected chi connectivity index (χ4v) is 4.95. The molecule has 1 aromatic carbocycles. The van der Waals surface area contributed by atoms with Gasteiger partial charge in [0.1, 0.15) is 0 Å². The summed E-state index contributed by atoms with van der Waals surface area (Å²) >= 11 is 0. The van der Waals surface area contributed by atoms with E-state index >= 15 is 0 Å². The molecule has 1 aromatic rings. The highest BCUT2D eigenvalue weighted by molar-refractivity contribution is 7.89. The van der Waals surface area contributed by atoms with E-state index in [1.165, 1.54) is 28.6 Å². The number of benzene rings is 1. The number of piperazine rings is 1. The fraction of sp³-hybridized carbons (Fsp3) is 0.579. The molecule has 0 atom stereocenters. The highest BCUT2D eigenvalue weighted by Crippen LogP contribution is 2.20. The van der Waals surface area contributed by atoms with Crippen LogP contribution >= 0.6 is 0 Å². The predicted molar refractivity (Wildman–Crippen MR) is 104 cm³/mol. The maximum Gasteiger partial charge on any atom is 0.338 e. The lowest BCUT2D eigenvalue weighted by Gasteiger charge is -2.38. The van der Waals surface area contributed by atoms with Gasteiger partial charge in [0.15, 0.2) is 0 Å². The van der Waals surface area contributed by atoms with Crippen molar-refractivity contribution in [2.24, 2.45) is 0 Å². The molecular formula is C19H27N3O5S. The molecule has 0 radical (unpaired) electrons. The number of amides is 2. The van der Waals surface area contributed by atoms with Crippen molar-refractivity contribution in [2.45, 2.75) is 31.1 Å². The van der Waals surface area contributed by atoms with E-state index in [1.54, 1.807) is 11.8 Å². The van der Waals surface area contributed by atoms with Gasteiger partial charge >= 0.3 is 12.0 Å². The molecule has 0 spiro atoms. The van der Waals surface area contributed by atoms with Gasteiger partial charge in [0.2, 0.25) is 10.0 Å². The van der Waals surface area contributed by atoms with Crippen molar-refractivity contribution in [1.82, 2.24) is 14.1 Å². The molecule has 28 heavy (non-hydrogen) atoms. The van der Waals surface area contributed by atoms with Crippen LogP contribution in [0.5, 0.6) is 0 Å². The predicted octanol–water partition coefficient (Wildman–Crippen LogP) is 1.78. The van der Waals surface area contributed by atoms with Crippen molar-refractivity contribution in [3.8, 4) is 0 Å². The molecule has 2 aliphatic rings. The van der Waals surface area contributed by atoms with Crippen LogP contribution in [0.2, 0.25) is 0 Å². The second-order valence-electron chi connectivity index (χ2n) is 6.97. The van der Waals surface area contributed by atoms with Crippen molar-refractivity contribution in [3.05, 3.63) is 29.8 Å². The van der Waals surface area contributed by atoms with E-state index in [1.807, 2.05) is 4.90 Å². The summed E-state index contributed by atoms with van der Waals surface area (Å²) < 4.78 is 32.0. The molecule has 0 N–H and O–H groups in total. The molecule has 3 rings (SSSR count). The quantitative estimate of drug-likeness (QED) is 0.708. The Morgan fingerprint density at radius 2 is 1.46 bits per heavy atom. The van der Waals surface area contributed by atoms with Gasteiger partial charge in [0, 0.05) is 39.3 Å². The number of nitrogens with zero attached hydrogens (tertiary/aromatic N) is 3. The first-order valence-electron chi connectivity index (χ1n) is 9.74. The summed E-state index contributed by atoms with van der Waals surface area (Å²) in [5, 5.41) is 0. The van der Waals surface area contributed by atoms with E-state index in [9.17, 15) is 18.0 Å². The van der Waals surface area contributed by atoms with E-state index in [4.69, 9.17) is 4.74 Å². The summed E-state index contributed by atoms with van der Waals surface area (Å²) in [7, 11) is -3.66. The molecule has 154 valence electrons. The molecule has 2 heterocycles. The van der Waals surface area contributed by atoms with E-state index in [0.717, 1.165) is 32.4 Å². The van der Waals surface area contributed by atoms with Gasteiger partial charge < -0.3 is 14.5 Å². The summed E-state index contributed by atoms with van der Waals surface area (Å²) in [6.45, 7) is 4.84. The summed E-state index contributed by atoms with van der Waals surface area (Å²) in [6.07, 6.45) is 3.22. The maximum atomic E-state index is 12.9. The number of sulfonamides is 1. The minimum atomic E-state index is -3.66. The third-order valence-corrected chi connectivity index (χ3v) is 7.05. The average Bonchev–Trinajstić information content (AvgIpc) is 2.74. The van der Waals surface area contributed by atoms with E-state index < -0.39 is 16.0 Å². The molecule has 2 saturated heterocycles. The Morgan fingerprint density at radius 1 is 0.893 bits per heavy atom. The number of carbonyl (C=O) groups is 2. The van der Waals surface area contributed by atoms with Crippen molar-refractivity contribution in [3.63, 3.8) is 0 Å². The summed E-state index contributed by atoms with van der Waals surface area (Å²) in [5.41, 5.74) is 0.317. The van der Waals surface area contributed by atoms with Crippen LogP contribution in [0.15, 0.2) is 29.2 Å². The molecular weight excluding hydrogens is 382 g/mol. The smallest absolute Gasteiger partial charge is 0.338 e. The minimum Gasteiger partial charge on any atom is -0.462 e. The lowest BCUT2D eigenvalue weighted by Crippen LogP contribution is -2.54. The van der Waals surface area contributed by atoms with Crippen LogP contribution in [0.3, 0.4) is 0 Å².